The summed E-state index contributed by atoms with van der Waals surface area (Å²) >= 11 is 0. The van der Waals surface area contributed by atoms with Crippen molar-refractivity contribution in [1.82, 2.24) is 4.98 Å². The number of fused-ring (bicyclic) bond motifs is 1. The van der Waals surface area contributed by atoms with Crippen LogP contribution in [-0.2, 0) is 11.0 Å². The van der Waals surface area contributed by atoms with Gasteiger partial charge < -0.3 is 0 Å². The highest BCUT2D eigenvalue weighted by Crippen LogP contribution is 2.41. The van der Waals surface area contributed by atoms with E-state index < -0.39 is 11.7 Å². The van der Waals surface area contributed by atoms with E-state index in [4.69, 9.17) is 0 Å². The summed E-state index contributed by atoms with van der Waals surface area (Å²) < 4.78 is 39.2. The maximum Gasteiger partial charge on any atom is 0.416 e. The number of hydrogen-bond donors (Lipinski definition) is 0. The SMILES string of the molecule is CCC(N=C=O)C1CCC(c2ccnc3ccc(C(F)(F)F)cc23)CC1. The molecule has 0 N–H and O–H groups in total. The van der Waals surface area contributed by atoms with E-state index in [1.165, 1.54) is 12.1 Å². The Morgan fingerprint density at radius 2 is 1.96 bits per heavy atom. The summed E-state index contributed by atoms with van der Waals surface area (Å²) in [7, 11) is 0. The van der Waals surface area contributed by atoms with Crippen molar-refractivity contribution in [2.75, 3.05) is 0 Å². The number of pyridine rings is 1. The first kappa shape index (κ1) is 18.6. The molecule has 0 radical (unpaired) electrons. The van der Waals surface area contributed by atoms with Crippen LogP contribution in [0.15, 0.2) is 35.5 Å². The predicted molar refractivity (Wildman–Crippen MR) is 93.6 cm³/mol. The molecule has 0 amide bonds. The van der Waals surface area contributed by atoms with Crippen LogP contribution in [0.1, 0.15) is 56.1 Å². The van der Waals surface area contributed by atoms with Crippen molar-refractivity contribution < 1.29 is 18.0 Å². The number of benzene rings is 1. The molecule has 0 saturated heterocycles. The van der Waals surface area contributed by atoms with E-state index >= 15 is 0 Å². The molecule has 1 fully saturated rings. The summed E-state index contributed by atoms with van der Waals surface area (Å²) in [6.07, 6.45) is 3.36. The summed E-state index contributed by atoms with van der Waals surface area (Å²) in [6.45, 7) is 2.01. The molecule has 1 aromatic heterocycles. The lowest BCUT2D eigenvalue weighted by Gasteiger charge is -2.32. The van der Waals surface area contributed by atoms with Crippen molar-refractivity contribution >= 4 is 17.0 Å². The topological polar surface area (TPSA) is 42.3 Å². The minimum Gasteiger partial charge on any atom is -0.256 e. The van der Waals surface area contributed by atoms with Gasteiger partial charge in [-0.05, 0) is 73.8 Å². The second kappa shape index (κ2) is 7.58. The lowest BCUT2D eigenvalue weighted by Crippen LogP contribution is -2.23. The molecule has 0 bridgehead atoms. The maximum atomic E-state index is 13.1. The van der Waals surface area contributed by atoms with Crippen LogP contribution in [0, 0.1) is 5.92 Å². The average molecular weight is 362 g/mol. The van der Waals surface area contributed by atoms with Crippen LogP contribution >= 0.6 is 0 Å². The van der Waals surface area contributed by atoms with Gasteiger partial charge in [-0.1, -0.05) is 6.92 Å². The first-order valence-corrected chi connectivity index (χ1v) is 8.97. The zero-order valence-electron chi connectivity index (χ0n) is 14.6. The molecule has 1 aliphatic rings. The fourth-order valence-electron chi connectivity index (χ4n) is 4.11. The highest BCUT2D eigenvalue weighted by Gasteiger charge is 2.32. The Morgan fingerprint density at radius 1 is 1.23 bits per heavy atom. The predicted octanol–water partition coefficient (Wildman–Crippen LogP) is 5.64. The molecule has 138 valence electrons. The molecule has 1 atom stereocenters. The molecule has 6 heteroatoms. The molecular formula is C20H21F3N2O. The Labute approximate surface area is 150 Å². The van der Waals surface area contributed by atoms with Crippen molar-refractivity contribution in [3.05, 3.63) is 41.6 Å². The van der Waals surface area contributed by atoms with Crippen LogP contribution in [0.3, 0.4) is 0 Å². The maximum absolute atomic E-state index is 13.1. The summed E-state index contributed by atoms with van der Waals surface area (Å²) in [4.78, 5) is 18.7. The number of rotatable bonds is 4. The molecule has 0 aliphatic heterocycles. The first-order chi connectivity index (χ1) is 12.4. The zero-order valence-corrected chi connectivity index (χ0v) is 14.6. The molecule has 1 heterocycles. The van der Waals surface area contributed by atoms with E-state index in [0.717, 1.165) is 43.7 Å². The van der Waals surface area contributed by atoms with Gasteiger partial charge in [-0.3, -0.25) is 4.98 Å². The van der Waals surface area contributed by atoms with Gasteiger partial charge in [0.2, 0.25) is 6.08 Å². The van der Waals surface area contributed by atoms with Crippen LogP contribution in [0.5, 0.6) is 0 Å². The molecule has 1 unspecified atom stereocenters. The fraction of sp³-hybridized carbons (Fsp3) is 0.500. The van der Waals surface area contributed by atoms with E-state index in [2.05, 4.69) is 9.98 Å². The summed E-state index contributed by atoms with van der Waals surface area (Å²) in [6, 6.07) is 5.58. The number of nitrogens with zero attached hydrogens (tertiary/aromatic N) is 2. The average Bonchev–Trinajstić information content (AvgIpc) is 2.64. The van der Waals surface area contributed by atoms with Crippen molar-refractivity contribution in [1.29, 1.82) is 0 Å². The third kappa shape index (κ3) is 3.80. The van der Waals surface area contributed by atoms with Crippen LogP contribution in [0.2, 0.25) is 0 Å². The Kier molecular flexibility index (Phi) is 5.42. The molecule has 2 aromatic rings. The van der Waals surface area contributed by atoms with E-state index in [0.29, 0.717) is 16.8 Å². The van der Waals surface area contributed by atoms with Crippen molar-refractivity contribution in [2.24, 2.45) is 10.9 Å². The number of aliphatic imine (C=N–C) groups is 1. The van der Waals surface area contributed by atoms with Gasteiger partial charge in [-0.15, -0.1) is 0 Å². The third-order valence-corrected chi connectivity index (χ3v) is 5.50. The molecule has 0 spiro atoms. The highest BCUT2D eigenvalue weighted by molar-refractivity contribution is 5.83. The Morgan fingerprint density at radius 3 is 2.58 bits per heavy atom. The molecule has 3 rings (SSSR count). The number of carbonyl (C=O) groups excluding carboxylic acids is 1. The molecular weight excluding hydrogens is 341 g/mol. The number of alkyl halides is 3. The second-order valence-electron chi connectivity index (χ2n) is 6.94. The Balaban J connectivity index is 1.86. The number of isocyanates is 1. The van der Waals surface area contributed by atoms with Gasteiger partial charge in [0.05, 0.1) is 17.1 Å². The quantitative estimate of drug-likeness (QED) is 0.522. The minimum absolute atomic E-state index is 0.000494. The number of halogens is 3. The normalized spacial score (nSPS) is 22.0. The highest BCUT2D eigenvalue weighted by atomic mass is 19.4. The molecule has 1 saturated carbocycles. The summed E-state index contributed by atoms with van der Waals surface area (Å²) in [5.41, 5.74) is 0.889. The Hall–Kier alpha value is -2.20. The van der Waals surface area contributed by atoms with Crippen LogP contribution in [0.4, 0.5) is 13.2 Å². The Bertz CT molecular complexity index is 819. The van der Waals surface area contributed by atoms with Gasteiger partial charge >= 0.3 is 6.18 Å². The molecule has 1 aliphatic carbocycles. The summed E-state index contributed by atoms with van der Waals surface area (Å²) in [5, 5.41) is 0.587. The van der Waals surface area contributed by atoms with Gasteiger partial charge in [-0.2, -0.15) is 13.2 Å². The van der Waals surface area contributed by atoms with Crippen LogP contribution in [-0.4, -0.2) is 17.1 Å². The second-order valence-corrected chi connectivity index (χ2v) is 6.94. The number of hydrogen-bond acceptors (Lipinski definition) is 3. The lowest BCUT2D eigenvalue weighted by molar-refractivity contribution is -0.137. The monoisotopic (exact) mass is 362 g/mol. The van der Waals surface area contributed by atoms with Crippen molar-refractivity contribution in [2.45, 2.75) is 57.2 Å². The van der Waals surface area contributed by atoms with Crippen molar-refractivity contribution in [3.63, 3.8) is 0 Å². The molecule has 26 heavy (non-hydrogen) atoms. The zero-order chi connectivity index (χ0) is 18.7. The lowest BCUT2D eigenvalue weighted by atomic mass is 9.75. The number of aromatic nitrogens is 1. The smallest absolute Gasteiger partial charge is 0.256 e. The molecule has 1 aromatic carbocycles. The van der Waals surface area contributed by atoms with E-state index in [1.807, 2.05) is 13.0 Å². The van der Waals surface area contributed by atoms with E-state index in [1.54, 1.807) is 12.3 Å². The fourth-order valence-corrected chi connectivity index (χ4v) is 4.11. The molecule has 3 nitrogen and oxygen atoms in total. The third-order valence-electron chi connectivity index (χ3n) is 5.50. The van der Waals surface area contributed by atoms with Gasteiger partial charge in [0.1, 0.15) is 0 Å². The van der Waals surface area contributed by atoms with E-state index in [9.17, 15) is 18.0 Å². The van der Waals surface area contributed by atoms with Gasteiger partial charge in [0.25, 0.3) is 0 Å². The van der Waals surface area contributed by atoms with E-state index in [-0.39, 0.29) is 12.0 Å². The summed E-state index contributed by atoms with van der Waals surface area (Å²) in [5.74, 6) is 0.550. The standard InChI is InChI=1S/C20H21F3N2O/c1-2-18(25-12-26)14-5-3-13(4-6-14)16-9-10-24-19-8-7-15(11-17(16)19)20(21,22)23/h7-11,13-14,18H,2-6H2,1H3. The first-order valence-electron chi connectivity index (χ1n) is 8.97. The van der Waals surface area contributed by atoms with Gasteiger partial charge in [-0.25, -0.2) is 9.79 Å². The minimum atomic E-state index is -4.36. The van der Waals surface area contributed by atoms with Crippen molar-refractivity contribution in [3.8, 4) is 0 Å². The van der Waals surface area contributed by atoms with Gasteiger partial charge in [0.15, 0.2) is 0 Å². The van der Waals surface area contributed by atoms with Crippen LogP contribution in [0.25, 0.3) is 10.9 Å². The largest absolute Gasteiger partial charge is 0.416 e. The van der Waals surface area contributed by atoms with Crippen LogP contribution < -0.4 is 0 Å². The van der Waals surface area contributed by atoms with Gasteiger partial charge in [0, 0.05) is 11.6 Å².